The molecule has 104 valence electrons. The van der Waals surface area contributed by atoms with Crippen LogP contribution in [0.2, 0.25) is 0 Å². The second-order valence-electron chi connectivity index (χ2n) is 5.03. The molecular formula is C15H22N2O2. The van der Waals surface area contributed by atoms with Gasteiger partial charge in [-0.15, -0.1) is 0 Å². The van der Waals surface area contributed by atoms with E-state index >= 15 is 0 Å². The second kappa shape index (κ2) is 6.68. The number of methoxy groups -OCH3 is 1. The minimum Gasteiger partial charge on any atom is -0.380 e. The van der Waals surface area contributed by atoms with Gasteiger partial charge in [-0.25, -0.2) is 0 Å². The first-order valence-corrected chi connectivity index (χ1v) is 6.78. The van der Waals surface area contributed by atoms with E-state index < -0.39 is 0 Å². The summed E-state index contributed by atoms with van der Waals surface area (Å²) in [7, 11) is 3.57. The van der Waals surface area contributed by atoms with Crippen LogP contribution in [0.15, 0.2) is 24.3 Å². The van der Waals surface area contributed by atoms with Crippen LogP contribution in [0.4, 0.5) is 0 Å². The number of amides is 1. The van der Waals surface area contributed by atoms with E-state index in [1.807, 2.05) is 36.2 Å². The van der Waals surface area contributed by atoms with Crippen molar-refractivity contribution in [1.29, 1.82) is 0 Å². The molecule has 0 atom stereocenters. The highest BCUT2D eigenvalue weighted by molar-refractivity contribution is 5.94. The van der Waals surface area contributed by atoms with Crippen LogP contribution in [0, 0.1) is 0 Å². The van der Waals surface area contributed by atoms with E-state index in [1.54, 1.807) is 7.11 Å². The quantitative estimate of drug-likeness (QED) is 0.897. The largest absolute Gasteiger partial charge is 0.380 e. The van der Waals surface area contributed by atoms with Crippen LogP contribution in [0.5, 0.6) is 0 Å². The predicted molar refractivity (Wildman–Crippen MR) is 75.1 cm³/mol. The molecule has 0 saturated carbocycles. The van der Waals surface area contributed by atoms with E-state index in [9.17, 15) is 4.79 Å². The first-order chi connectivity index (χ1) is 9.22. The lowest BCUT2D eigenvalue weighted by Crippen LogP contribution is -2.43. The Morgan fingerprint density at radius 3 is 2.53 bits per heavy atom. The fraction of sp³-hybridized carbons (Fsp3) is 0.533. The zero-order valence-electron chi connectivity index (χ0n) is 11.7. The van der Waals surface area contributed by atoms with E-state index in [1.165, 1.54) is 0 Å². The average molecular weight is 262 g/mol. The molecule has 1 fully saturated rings. The van der Waals surface area contributed by atoms with Gasteiger partial charge in [0.15, 0.2) is 0 Å². The molecule has 2 rings (SSSR count). The summed E-state index contributed by atoms with van der Waals surface area (Å²) in [5.74, 6) is 0.107. The molecule has 1 N–H and O–H groups in total. The van der Waals surface area contributed by atoms with Crippen molar-refractivity contribution in [3.8, 4) is 0 Å². The molecule has 0 aliphatic carbocycles. The summed E-state index contributed by atoms with van der Waals surface area (Å²) in [6.07, 6.45) is 2.06. The number of rotatable bonds is 4. The summed E-state index contributed by atoms with van der Waals surface area (Å²) in [4.78, 5) is 14.3. The molecule has 1 aromatic rings. The fourth-order valence-electron chi connectivity index (χ4n) is 2.47. The maximum atomic E-state index is 12.4. The lowest BCUT2D eigenvalue weighted by atomic mass is 10.0. The van der Waals surface area contributed by atoms with Crippen LogP contribution in [-0.2, 0) is 11.3 Å². The summed E-state index contributed by atoms with van der Waals surface area (Å²) in [6.45, 7) is 2.57. The number of carbonyl (C=O) groups is 1. The Morgan fingerprint density at radius 1 is 1.32 bits per heavy atom. The first kappa shape index (κ1) is 14.0. The van der Waals surface area contributed by atoms with Crippen LogP contribution in [0.25, 0.3) is 0 Å². The van der Waals surface area contributed by atoms with Gasteiger partial charge in [0.2, 0.25) is 0 Å². The summed E-state index contributed by atoms with van der Waals surface area (Å²) >= 11 is 0. The minimum atomic E-state index is 0.107. The summed E-state index contributed by atoms with van der Waals surface area (Å²) in [5.41, 5.74) is 1.84. The predicted octanol–water partition coefficient (Wildman–Crippen LogP) is 1.66. The average Bonchev–Trinajstić information content (AvgIpc) is 2.48. The molecule has 1 aromatic carbocycles. The van der Waals surface area contributed by atoms with Crippen molar-refractivity contribution < 1.29 is 9.53 Å². The molecule has 0 unspecified atom stereocenters. The molecule has 1 aliphatic heterocycles. The van der Waals surface area contributed by atoms with Crippen LogP contribution < -0.4 is 5.32 Å². The van der Waals surface area contributed by atoms with E-state index in [0.717, 1.165) is 37.1 Å². The Morgan fingerprint density at radius 2 is 1.95 bits per heavy atom. The Bertz CT molecular complexity index is 411. The number of hydrogen-bond acceptors (Lipinski definition) is 3. The lowest BCUT2D eigenvalue weighted by Gasteiger charge is -2.31. The molecule has 19 heavy (non-hydrogen) atoms. The van der Waals surface area contributed by atoms with Crippen molar-refractivity contribution in [3.63, 3.8) is 0 Å². The van der Waals surface area contributed by atoms with Gasteiger partial charge in [0.1, 0.15) is 0 Å². The van der Waals surface area contributed by atoms with Gasteiger partial charge in [-0.05, 0) is 43.6 Å². The maximum Gasteiger partial charge on any atom is 0.253 e. The zero-order chi connectivity index (χ0) is 13.7. The molecule has 4 heteroatoms. The van der Waals surface area contributed by atoms with Crippen LogP contribution in [-0.4, -0.2) is 44.1 Å². The van der Waals surface area contributed by atoms with Crippen molar-refractivity contribution in [2.24, 2.45) is 0 Å². The maximum absolute atomic E-state index is 12.4. The summed E-state index contributed by atoms with van der Waals surface area (Å²) in [6, 6.07) is 8.02. The number of benzene rings is 1. The van der Waals surface area contributed by atoms with Gasteiger partial charge in [-0.1, -0.05) is 12.1 Å². The molecule has 0 radical (unpaired) electrons. The number of nitrogens with one attached hydrogen (secondary N) is 1. The Balaban J connectivity index is 2.01. The molecule has 1 saturated heterocycles. The normalized spacial score (nSPS) is 16.3. The Labute approximate surface area is 114 Å². The van der Waals surface area contributed by atoms with E-state index in [-0.39, 0.29) is 5.91 Å². The first-order valence-electron chi connectivity index (χ1n) is 6.78. The van der Waals surface area contributed by atoms with Gasteiger partial charge in [0.05, 0.1) is 6.61 Å². The topological polar surface area (TPSA) is 41.6 Å². The van der Waals surface area contributed by atoms with E-state index in [2.05, 4.69) is 5.32 Å². The zero-order valence-corrected chi connectivity index (χ0v) is 11.7. The fourth-order valence-corrected chi connectivity index (χ4v) is 2.47. The molecule has 0 aromatic heterocycles. The summed E-state index contributed by atoms with van der Waals surface area (Å²) in [5, 5.41) is 3.32. The standard InChI is InChI=1S/C15H22N2O2/c1-17(14-7-9-16-10-8-14)15(18)13-5-3-12(4-6-13)11-19-2/h3-6,14,16H,7-11H2,1-2H3. The number of nitrogens with zero attached hydrogens (tertiary/aromatic N) is 1. The number of hydrogen-bond donors (Lipinski definition) is 1. The van der Waals surface area contributed by atoms with Gasteiger partial charge in [-0.2, -0.15) is 0 Å². The van der Waals surface area contributed by atoms with Crippen molar-refractivity contribution in [1.82, 2.24) is 10.2 Å². The third-order valence-corrected chi connectivity index (χ3v) is 3.69. The number of ether oxygens (including phenoxy) is 1. The van der Waals surface area contributed by atoms with Crippen LogP contribution in [0.1, 0.15) is 28.8 Å². The van der Waals surface area contributed by atoms with E-state index in [4.69, 9.17) is 4.74 Å². The minimum absolute atomic E-state index is 0.107. The number of carbonyl (C=O) groups excluding carboxylic acids is 1. The van der Waals surface area contributed by atoms with Gasteiger partial charge in [0, 0.05) is 25.8 Å². The number of piperidine rings is 1. The van der Waals surface area contributed by atoms with Crippen LogP contribution in [0.3, 0.4) is 0 Å². The van der Waals surface area contributed by atoms with Crippen molar-refractivity contribution in [2.45, 2.75) is 25.5 Å². The third kappa shape index (κ3) is 3.55. The van der Waals surface area contributed by atoms with Crippen molar-refractivity contribution >= 4 is 5.91 Å². The third-order valence-electron chi connectivity index (χ3n) is 3.69. The molecule has 0 spiro atoms. The van der Waals surface area contributed by atoms with Gasteiger partial charge in [-0.3, -0.25) is 4.79 Å². The molecule has 0 bridgehead atoms. The second-order valence-corrected chi connectivity index (χ2v) is 5.03. The van der Waals surface area contributed by atoms with Gasteiger partial charge in [0.25, 0.3) is 5.91 Å². The smallest absolute Gasteiger partial charge is 0.253 e. The van der Waals surface area contributed by atoms with Crippen molar-refractivity contribution in [3.05, 3.63) is 35.4 Å². The molecule has 1 amide bonds. The molecule has 1 heterocycles. The highest BCUT2D eigenvalue weighted by atomic mass is 16.5. The lowest BCUT2D eigenvalue weighted by molar-refractivity contribution is 0.0703. The highest BCUT2D eigenvalue weighted by Gasteiger charge is 2.22. The monoisotopic (exact) mass is 262 g/mol. The summed E-state index contributed by atoms with van der Waals surface area (Å²) < 4.78 is 5.07. The molecular weight excluding hydrogens is 240 g/mol. The van der Waals surface area contributed by atoms with Gasteiger partial charge < -0.3 is 15.0 Å². The van der Waals surface area contributed by atoms with Gasteiger partial charge >= 0.3 is 0 Å². The SMILES string of the molecule is COCc1ccc(C(=O)N(C)C2CCNCC2)cc1. The highest BCUT2D eigenvalue weighted by Crippen LogP contribution is 2.14. The Hall–Kier alpha value is -1.39. The Kier molecular flexibility index (Phi) is 4.93. The van der Waals surface area contributed by atoms with Crippen LogP contribution >= 0.6 is 0 Å². The molecule has 1 aliphatic rings. The van der Waals surface area contributed by atoms with E-state index in [0.29, 0.717) is 12.6 Å². The van der Waals surface area contributed by atoms with Crippen molar-refractivity contribution in [2.75, 3.05) is 27.2 Å². The molecule has 4 nitrogen and oxygen atoms in total.